The van der Waals surface area contributed by atoms with Crippen molar-refractivity contribution < 1.29 is 4.79 Å². The molecule has 8 nitrogen and oxygen atoms in total. The van der Waals surface area contributed by atoms with Crippen molar-refractivity contribution in [3.05, 3.63) is 72.1 Å². The van der Waals surface area contributed by atoms with Crippen LogP contribution in [0.1, 0.15) is 21.7 Å². The maximum atomic E-state index is 12.5. The van der Waals surface area contributed by atoms with E-state index in [0.29, 0.717) is 17.6 Å². The molecule has 1 amide bonds. The first-order valence-corrected chi connectivity index (χ1v) is 9.14. The van der Waals surface area contributed by atoms with Gasteiger partial charge in [0.15, 0.2) is 0 Å². The number of carbonyl (C=O) groups is 1. The Hall–Kier alpha value is -4.07. The average molecular weight is 383 g/mol. The second-order valence-electron chi connectivity index (χ2n) is 6.85. The molecule has 8 heteroatoms. The zero-order chi connectivity index (χ0) is 19.8. The van der Waals surface area contributed by atoms with Crippen LogP contribution in [0, 0.1) is 6.92 Å². The Balaban J connectivity index is 1.44. The van der Waals surface area contributed by atoms with Crippen LogP contribution >= 0.6 is 0 Å². The van der Waals surface area contributed by atoms with E-state index in [2.05, 4.69) is 35.5 Å². The first-order valence-electron chi connectivity index (χ1n) is 9.14. The Morgan fingerprint density at radius 1 is 1.00 bits per heavy atom. The van der Waals surface area contributed by atoms with Gasteiger partial charge in [-0.05, 0) is 42.3 Å². The van der Waals surface area contributed by atoms with E-state index in [-0.39, 0.29) is 11.7 Å². The van der Waals surface area contributed by atoms with Crippen molar-refractivity contribution in [2.45, 2.75) is 13.5 Å². The maximum Gasteiger partial charge on any atom is 0.289 e. The molecular weight excluding hydrogens is 366 g/mol. The Morgan fingerprint density at radius 3 is 2.59 bits per heavy atom. The summed E-state index contributed by atoms with van der Waals surface area (Å²) in [6.45, 7) is 2.34. The number of carbonyl (C=O) groups excluding carboxylic acids is 1. The van der Waals surface area contributed by atoms with Crippen molar-refractivity contribution >= 4 is 27.8 Å². The van der Waals surface area contributed by atoms with Gasteiger partial charge in [-0.25, -0.2) is 9.97 Å². The fourth-order valence-electron chi connectivity index (χ4n) is 3.34. The lowest BCUT2D eigenvalue weighted by atomic mass is 10.1. The first kappa shape index (κ1) is 17.1. The number of H-pyrrole nitrogens is 2. The second-order valence-corrected chi connectivity index (χ2v) is 6.85. The highest BCUT2D eigenvalue weighted by atomic mass is 16.2. The molecule has 0 saturated carbocycles. The molecule has 0 spiro atoms. The molecule has 0 atom stereocenters. The predicted molar refractivity (Wildman–Crippen MR) is 109 cm³/mol. The minimum absolute atomic E-state index is 0.155. The largest absolute Gasteiger partial charge is 0.345 e. The molecule has 3 N–H and O–H groups in total. The zero-order valence-electron chi connectivity index (χ0n) is 15.6. The number of aryl methyl sites for hydroxylation is 1. The van der Waals surface area contributed by atoms with E-state index >= 15 is 0 Å². The normalized spacial score (nSPS) is 11.2. The van der Waals surface area contributed by atoms with E-state index in [1.54, 1.807) is 24.8 Å². The van der Waals surface area contributed by atoms with E-state index in [9.17, 15) is 4.79 Å². The van der Waals surface area contributed by atoms with Crippen LogP contribution in [0.5, 0.6) is 0 Å². The van der Waals surface area contributed by atoms with Crippen LogP contribution in [-0.4, -0.2) is 36.0 Å². The molecule has 0 saturated heterocycles. The lowest BCUT2D eigenvalue weighted by Gasteiger charge is -2.03. The molecule has 0 bridgehead atoms. The molecule has 5 rings (SSSR count). The summed E-state index contributed by atoms with van der Waals surface area (Å²) in [5.74, 6) is -0.157. The highest BCUT2D eigenvalue weighted by Gasteiger charge is 2.15. The molecule has 1 aromatic carbocycles. The number of rotatable bonds is 4. The maximum absolute atomic E-state index is 12.5. The van der Waals surface area contributed by atoms with Gasteiger partial charge in [0.2, 0.25) is 5.82 Å². The van der Waals surface area contributed by atoms with Gasteiger partial charge < -0.3 is 10.4 Å². The SMILES string of the molecule is Cc1cncc(CNC(=O)c2nc3cc4[nH][nH]c(-c5ccncc5)c4cc3n2)c1. The summed E-state index contributed by atoms with van der Waals surface area (Å²) in [7, 11) is 0. The van der Waals surface area contributed by atoms with Gasteiger partial charge in [0.05, 0.1) is 22.2 Å². The van der Waals surface area contributed by atoms with Crippen molar-refractivity contribution in [3.8, 4) is 11.3 Å². The molecule has 4 heterocycles. The highest BCUT2D eigenvalue weighted by molar-refractivity contribution is 6.02. The van der Waals surface area contributed by atoms with Crippen molar-refractivity contribution in [1.82, 2.24) is 35.5 Å². The molecule has 0 aliphatic rings. The van der Waals surface area contributed by atoms with Crippen LogP contribution < -0.4 is 5.32 Å². The topological polar surface area (TPSA) is 112 Å². The predicted octanol–water partition coefficient (Wildman–Crippen LogP) is 3.13. The lowest BCUT2D eigenvalue weighted by molar-refractivity contribution is 0.0941. The van der Waals surface area contributed by atoms with Gasteiger partial charge >= 0.3 is 0 Å². The summed E-state index contributed by atoms with van der Waals surface area (Å²) < 4.78 is 0. The van der Waals surface area contributed by atoms with E-state index in [4.69, 9.17) is 0 Å². The van der Waals surface area contributed by atoms with Crippen LogP contribution in [0.2, 0.25) is 0 Å². The number of pyridine rings is 2. The first-order chi connectivity index (χ1) is 14.2. The standard InChI is InChI=1S/C21H17N7O/c1-12-6-13(10-23-9-12)11-24-21(29)20-25-17-7-15-16(8-18(17)26-20)27-28-19(15)14-2-4-22-5-3-14/h2-10,27-28H,11H2,1H3,(H,24,29). The van der Waals surface area contributed by atoms with E-state index in [1.807, 2.05) is 37.3 Å². The minimum atomic E-state index is -0.313. The summed E-state index contributed by atoms with van der Waals surface area (Å²) in [6.07, 6.45) is 7.00. The van der Waals surface area contributed by atoms with Gasteiger partial charge in [-0.2, -0.15) is 0 Å². The van der Waals surface area contributed by atoms with Crippen LogP contribution in [0.25, 0.3) is 33.2 Å². The summed E-state index contributed by atoms with van der Waals surface area (Å²) >= 11 is 0. The van der Waals surface area contributed by atoms with Crippen LogP contribution in [0.3, 0.4) is 0 Å². The number of imidazole rings is 1. The molecule has 29 heavy (non-hydrogen) atoms. The summed E-state index contributed by atoms with van der Waals surface area (Å²) in [5.41, 5.74) is 6.14. The number of fused-ring (bicyclic) bond motifs is 2. The highest BCUT2D eigenvalue weighted by Crippen LogP contribution is 2.28. The van der Waals surface area contributed by atoms with Gasteiger partial charge in [0, 0.05) is 42.3 Å². The van der Waals surface area contributed by atoms with Crippen LogP contribution in [-0.2, 0) is 6.54 Å². The molecule has 0 radical (unpaired) electrons. The third-order valence-corrected chi connectivity index (χ3v) is 4.72. The molecule has 0 fully saturated rings. The van der Waals surface area contributed by atoms with Gasteiger partial charge in [0.25, 0.3) is 5.91 Å². The third-order valence-electron chi connectivity index (χ3n) is 4.72. The Morgan fingerprint density at radius 2 is 1.79 bits per heavy atom. The fraction of sp³-hybridized carbons (Fsp3) is 0.0952. The van der Waals surface area contributed by atoms with Crippen molar-refractivity contribution in [3.63, 3.8) is 0 Å². The van der Waals surface area contributed by atoms with Gasteiger partial charge in [0.1, 0.15) is 0 Å². The number of aromatic amines is 2. The van der Waals surface area contributed by atoms with E-state index in [1.165, 1.54) is 0 Å². The van der Waals surface area contributed by atoms with Gasteiger partial charge in [-0.3, -0.25) is 19.9 Å². The van der Waals surface area contributed by atoms with Gasteiger partial charge in [-0.15, -0.1) is 0 Å². The number of aromatic nitrogens is 6. The fourth-order valence-corrected chi connectivity index (χ4v) is 3.34. The number of nitrogens with one attached hydrogen (secondary N) is 3. The smallest absolute Gasteiger partial charge is 0.289 e. The number of hydrogen-bond acceptors (Lipinski definition) is 5. The summed E-state index contributed by atoms with van der Waals surface area (Å²) in [6, 6.07) is 9.66. The quantitative estimate of drug-likeness (QED) is 0.441. The summed E-state index contributed by atoms with van der Waals surface area (Å²) in [4.78, 5) is 29.5. The number of hydrogen-bond donors (Lipinski definition) is 3. The Bertz CT molecular complexity index is 1340. The number of amides is 1. The molecular formula is C21H17N7O. The number of nitrogens with zero attached hydrogens (tertiary/aromatic N) is 4. The molecule has 5 aromatic rings. The lowest BCUT2D eigenvalue weighted by Crippen LogP contribution is -2.24. The summed E-state index contributed by atoms with van der Waals surface area (Å²) in [5, 5.41) is 10.2. The van der Waals surface area contributed by atoms with Crippen molar-refractivity contribution in [1.29, 1.82) is 0 Å². The molecule has 142 valence electrons. The van der Waals surface area contributed by atoms with E-state index in [0.717, 1.165) is 33.3 Å². The minimum Gasteiger partial charge on any atom is -0.345 e. The monoisotopic (exact) mass is 383 g/mol. The van der Waals surface area contributed by atoms with Gasteiger partial charge in [-0.1, -0.05) is 6.07 Å². The molecule has 4 aromatic heterocycles. The third kappa shape index (κ3) is 3.20. The van der Waals surface area contributed by atoms with E-state index < -0.39 is 0 Å². The van der Waals surface area contributed by atoms with Crippen LogP contribution in [0.4, 0.5) is 0 Å². The second kappa shape index (κ2) is 6.83. The molecule has 0 unspecified atom stereocenters. The number of benzene rings is 1. The van der Waals surface area contributed by atoms with Crippen molar-refractivity contribution in [2.75, 3.05) is 0 Å². The zero-order valence-corrected chi connectivity index (χ0v) is 15.6. The van der Waals surface area contributed by atoms with Crippen LogP contribution in [0.15, 0.2) is 55.1 Å². The van der Waals surface area contributed by atoms with Crippen molar-refractivity contribution in [2.24, 2.45) is 0 Å². The Labute approximate surface area is 165 Å². The molecule has 0 aliphatic carbocycles. The Kier molecular flexibility index (Phi) is 4.02. The molecule has 0 aliphatic heterocycles. The average Bonchev–Trinajstić information content (AvgIpc) is 3.34.